The standard InChI is InChI=1S/C8H17BrO/c1-2-5-8(10)6-3-4-7-9/h8,10H,2-7H2,1H3. The summed E-state index contributed by atoms with van der Waals surface area (Å²) in [4.78, 5) is 0. The van der Waals surface area contributed by atoms with Crippen LogP contribution >= 0.6 is 15.9 Å². The van der Waals surface area contributed by atoms with Crippen molar-refractivity contribution in [2.45, 2.75) is 45.1 Å². The molecule has 0 rings (SSSR count). The number of rotatable bonds is 6. The summed E-state index contributed by atoms with van der Waals surface area (Å²) >= 11 is 3.36. The topological polar surface area (TPSA) is 20.2 Å². The third-order valence-electron chi connectivity index (χ3n) is 1.54. The van der Waals surface area contributed by atoms with Gasteiger partial charge in [-0.15, -0.1) is 0 Å². The van der Waals surface area contributed by atoms with Crippen molar-refractivity contribution in [3.63, 3.8) is 0 Å². The molecule has 1 nitrogen and oxygen atoms in total. The third-order valence-corrected chi connectivity index (χ3v) is 2.10. The lowest BCUT2D eigenvalue weighted by Crippen LogP contribution is -2.04. The number of hydrogen-bond acceptors (Lipinski definition) is 1. The molecule has 0 radical (unpaired) electrons. The molecule has 0 fully saturated rings. The van der Waals surface area contributed by atoms with Crippen LogP contribution in [0.5, 0.6) is 0 Å². The minimum absolute atomic E-state index is 0.0518. The maximum absolute atomic E-state index is 9.26. The van der Waals surface area contributed by atoms with Gasteiger partial charge in [-0.1, -0.05) is 35.7 Å². The van der Waals surface area contributed by atoms with Crippen molar-refractivity contribution in [1.29, 1.82) is 0 Å². The largest absolute Gasteiger partial charge is 0.393 e. The van der Waals surface area contributed by atoms with Crippen LogP contribution in [0.25, 0.3) is 0 Å². The van der Waals surface area contributed by atoms with Gasteiger partial charge in [0.05, 0.1) is 6.10 Å². The highest BCUT2D eigenvalue weighted by Crippen LogP contribution is 2.06. The van der Waals surface area contributed by atoms with Gasteiger partial charge < -0.3 is 5.11 Å². The Kier molecular flexibility index (Phi) is 7.88. The SMILES string of the molecule is CCCC(O)CCCCBr. The lowest BCUT2D eigenvalue weighted by atomic mass is 10.1. The van der Waals surface area contributed by atoms with E-state index in [0.717, 1.165) is 31.0 Å². The summed E-state index contributed by atoms with van der Waals surface area (Å²) in [5.41, 5.74) is 0. The molecule has 1 unspecified atom stereocenters. The Hall–Kier alpha value is 0.440. The summed E-state index contributed by atoms with van der Waals surface area (Å²) in [5.74, 6) is 0. The van der Waals surface area contributed by atoms with Crippen LogP contribution in [0, 0.1) is 0 Å². The zero-order chi connectivity index (χ0) is 7.82. The summed E-state index contributed by atoms with van der Waals surface area (Å²) in [6.07, 6.45) is 5.30. The molecule has 1 atom stereocenters. The van der Waals surface area contributed by atoms with Crippen LogP contribution in [0.1, 0.15) is 39.0 Å². The number of aliphatic hydroxyl groups excluding tert-OH is 1. The molecule has 0 aliphatic heterocycles. The summed E-state index contributed by atoms with van der Waals surface area (Å²) < 4.78 is 0. The van der Waals surface area contributed by atoms with Crippen LogP contribution in [-0.4, -0.2) is 16.5 Å². The van der Waals surface area contributed by atoms with Gasteiger partial charge in [0.2, 0.25) is 0 Å². The third kappa shape index (κ3) is 6.56. The molecule has 0 aromatic carbocycles. The quantitative estimate of drug-likeness (QED) is 0.526. The second kappa shape index (κ2) is 7.55. The Morgan fingerprint density at radius 2 is 2.00 bits per heavy atom. The van der Waals surface area contributed by atoms with E-state index in [0.29, 0.717) is 0 Å². The van der Waals surface area contributed by atoms with E-state index in [2.05, 4.69) is 22.9 Å². The van der Waals surface area contributed by atoms with Crippen molar-refractivity contribution in [2.75, 3.05) is 5.33 Å². The summed E-state index contributed by atoms with van der Waals surface area (Å²) in [5, 5.41) is 10.3. The second-order valence-corrected chi connectivity index (χ2v) is 3.42. The fraction of sp³-hybridized carbons (Fsp3) is 1.00. The van der Waals surface area contributed by atoms with Gasteiger partial charge in [0, 0.05) is 5.33 Å². The molecule has 0 aliphatic rings. The maximum atomic E-state index is 9.26. The van der Waals surface area contributed by atoms with Crippen LogP contribution in [0.15, 0.2) is 0 Å². The molecule has 0 spiro atoms. The molecule has 2 heteroatoms. The van der Waals surface area contributed by atoms with Crippen LogP contribution in [0.4, 0.5) is 0 Å². The molecule has 0 amide bonds. The van der Waals surface area contributed by atoms with Gasteiger partial charge in [-0.3, -0.25) is 0 Å². The number of halogens is 1. The highest BCUT2D eigenvalue weighted by atomic mass is 79.9. The Labute approximate surface area is 72.0 Å². The molecule has 1 N–H and O–H groups in total. The Morgan fingerprint density at radius 3 is 2.50 bits per heavy atom. The Balaban J connectivity index is 2.97. The molecule has 62 valence electrons. The van der Waals surface area contributed by atoms with E-state index in [4.69, 9.17) is 0 Å². The second-order valence-electron chi connectivity index (χ2n) is 2.63. The molecule has 0 saturated heterocycles. The van der Waals surface area contributed by atoms with Gasteiger partial charge in [0.1, 0.15) is 0 Å². The molecule has 0 bridgehead atoms. The van der Waals surface area contributed by atoms with Crippen molar-refractivity contribution in [3.05, 3.63) is 0 Å². The smallest absolute Gasteiger partial charge is 0.0540 e. The normalized spacial score (nSPS) is 13.5. The van der Waals surface area contributed by atoms with E-state index in [1.165, 1.54) is 6.42 Å². The highest BCUT2D eigenvalue weighted by molar-refractivity contribution is 9.09. The van der Waals surface area contributed by atoms with E-state index in [9.17, 15) is 5.11 Å². The van der Waals surface area contributed by atoms with E-state index < -0.39 is 0 Å². The zero-order valence-electron chi connectivity index (χ0n) is 6.65. The van der Waals surface area contributed by atoms with E-state index in [-0.39, 0.29) is 6.10 Å². The monoisotopic (exact) mass is 208 g/mol. The van der Waals surface area contributed by atoms with Crippen LogP contribution < -0.4 is 0 Å². The van der Waals surface area contributed by atoms with Crippen LogP contribution in [-0.2, 0) is 0 Å². The number of aliphatic hydroxyl groups is 1. The Bertz CT molecular complexity index is 66.3. The van der Waals surface area contributed by atoms with Crippen molar-refractivity contribution >= 4 is 15.9 Å². The van der Waals surface area contributed by atoms with Gasteiger partial charge >= 0.3 is 0 Å². The average Bonchev–Trinajstić information content (AvgIpc) is 1.89. The van der Waals surface area contributed by atoms with Crippen molar-refractivity contribution in [2.24, 2.45) is 0 Å². The van der Waals surface area contributed by atoms with Gasteiger partial charge in [-0.05, 0) is 19.3 Å². The minimum Gasteiger partial charge on any atom is -0.393 e. The Morgan fingerprint density at radius 1 is 1.30 bits per heavy atom. The van der Waals surface area contributed by atoms with Crippen molar-refractivity contribution in [1.82, 2.24) is 0 Å². The number of hydrogen-bond donors (Lipinski definition) is 1. The molecule has 0 aromatic heterocycles. The first-order valence-corrected chi connectivity index (χ1v) is 5.17. The lowest BCUT2D eigenvalue weighted by Gasteiger charge is -2.06. The van der Waals surface area contributed by atoms with Crippen molar-refractivity contribution in [3.8, 4) is 0 Å². The van der Waals surface area contributed by atoms with Gasteiger partial charge in [0.25, 0.3) is 0 Å². The first-order valence-electron chi connectivity index (χ1n) is 4.05. The maximum Gasteiger partial charge on any atom is 0.0540 e. The van der Waals surface area contributed by atoms with E-state index >= 15 is 0 Å². The summed E-state index contributed by atoms with van der Waals surface area (Å²) in [6.45, 7) is 2.10. The molecule has 0 aliphatic carbocycles. The zero-order valence-corrected chi connectivity index (χ0v) is 8.23. The fourth-order valence-corrected chi connectivity index (χ4v) is 1.35. The van der Waals surface area contributed by atoms with Crippen LogP contribution in [0.2, 0.25) is 0 Å². The van der Waals surface area contributed by atoms with Gasteiger partial charge in [-0.2, -0.15) is 0 Å². The van der Waals surface area contributed by atoms with Crippen molar-refractivity contribution < 1.29 is 5.11 Å². The van der Waals surface area contributed by atoms with Crippen LogP contribution in [0.3, 0.4) is 0 Å². The molecule has 0 aromatic rings. The first-order chi connectivity index (χ1) is 4.81. The molecule has 0 saturated carbocycles. The summed E-state index contributed by atoms with van der Waals surface area (Å²) in [7, 11) is 0. The predicted molar refractivity (Wildman–Crippen MR) is 48.6 cm³/mol. The first kappa shape index (κ1) is 10.4. The minimum atomic E-state index is -0.0518. The van der Waals surface area contributed by atoms with E-state index in [1.807, 2.05) is 0 Å². The molecule has 10 heavy (non-hydrogen) atoms. The van der Waals surface area contributed by atoms with Gasteiger partial charge in [0.15, 0.2) is 0 Å². The number of alkyl halides is 1. The fourth-order valence-electron chi connectivity index (χ4n) is 0.952. The highest BCUT2D eigenvalue weighted by Gasteiger charge is 2.00. The number of unbranched alkanes of at least 4 members (excludes halogenated alkanes) is 1. The molecule has 0 heterocycles. The molecular formula is C8H17BrO. The lowest BCUT2D eigenvalue weighted by molar-refractivity contribution is 0.151. The molecular weight excluding hydrogens is 192 g/mol. The van der Waals surface area contributed by atoms with E-state index in [1.54, 1.807) is 0 Å². The van der Waals surface area contributed by atoms with Gasteiger partial charge in [-0.25, -0.2) is 0 Å². The predicted octanol–water partition coefficient (Wildman–Crippen LogP) is 2.71. The average molecular weight is 209 g/mol. The summed E-state index contributed by atoms with van der Waals surface area (Å²) in [6, 6.07) is 0.